The molecule has 15 heavy (non-hydrogen) atoms. The summed E-state index contributed by atoms with van der Waals surface area (Å²) in [4.78, 5) is 11.5. The lowest BCUT2D eigenvalue weighted by Gasteiger charge is -2.09. The molecule has 0 aliphatic carbocycles. The van der Waals surface area contributed by atoms with E-state index in [2.05, 4.69) is 4.74 Å². The van der Waals surface area contributed by atoms with Gasteiger partial charge in [0.25, 0.3) is 0 Å². The van der Waals surface area contributed by atoms with E-state index in [1.807, 2.05) is 6.07 Å². The van der Waals surface area contributed by atoms with Gasteiger partial charge < -0.3 is 4.74 Å². The van der Waals surface area contributed by atoms with Gasteiger partial charge >= 0.3 is 5.97 Å². The van der Waals surface area contributed by atoms with Crippen molar-refractivity contribution in [2.24, 2.45) is 0 Å². The average molecular weight is 224 g/mol. The van der Waals surface area contributed by atoms with E-state index in [0.29, 0.717) is 22.3 Å². The fraction of sp³-hybridized carbons (Fsp3) is 0.273. The summed E-state index contributed by atoms with van der Waals surface area (Å²) in [5.41, 5.74) is 2.15. The minimum atomic E-state index is -0.458. The third kappa shape index (κ3) is 2.11. The number of methoxy groups -OCH3 is 1. The number of hydrogen-bond donors (Lipinski definition) is 0. The lowest BCUT2D eigenvalue weighted by Crippen LogP contribution is -2.08. The van der Waals surface area contributed by atoms with Gasteiger partial charge in [-0.25, -0.2) is 4.79 Å². The first kappa shape index (κ1) is 11.5. The van der Waals surface area contributed by atoms with Crippen molar-refractivity contribution in [3.63, 3.8) is 0 Å². The maximum absolute atomic E-state index is 11.5. The lowest BCUT2D eigenvalue weighted by molar-refractivity contribution is 0.0599. The van der Waals surface area contributed by atoms with Crippen LogP contribution in [0.1, 0.15) is 27.0 Å². The van der Waals surface area contributed by atoms with Gasteiger partial charge in [-0.2, -0.15) is 5.26 Å². The fourth-order valence-electron chi connectivity index (χ4n) is 1.39. The van der Waals surface area contributed by atoms with Gasteiger partial charge in [-0.3, -0.25) is 0 Å². The molecular weight excluding hydrogens is 214 g/mol. The summed E-state index contributed by atoms with van der Waals surface area (Å²) in [6.07, 6.45) is 0. The number of halogens is 1. The van der Waals surface area contributed by atoms with Crippen LogP contribution in [0.5, 0.6) is 0 Å². The third-order valence-corrected chi connectivity index (χ3v) is 2.49. The van der Waals surface area contributed by atoms with E-state index in [-0.39, 0.29) is 5.88 Å². The van der Waals surface area contributed by atoms with Gasteiger partial charge in [-0.1, -0.05) is 6.07 Å². The Kier molecular flexibility index (Phi) is 3.70. The Balaban J connectivity index is 3.44. The number of benzene rings is 1. The molecule has 0 amide bonds. The van der Waals surface area contributed by atoms with E-state index in [4.69, 9.17) is 16.9 Å². The predicted octanol–water partition coefficient (Wildman–Crippen LogP) is 2.39. The molecule has 3 nitrogen and oxygen atoms in total. The third-order valence-electron chi connectivity index (χ3n) is 2.21. The van der Waals surface area contributed by atoms with Crippen molar-refractivity contribution in [1.29, 1.82) is 5.26 Å². The second-order valence-corrected chi connectivity index (χ2v) is 3.28. The van der Waals surface area contributed by atoms with Gasteiger partial charge in [0.1, 0.15) is 0 Å². The van der Waals surface area contributed by atoms with Crippen molar-refractivity contribution in [3.05, 3.63) is 34.4 Å². The number of hydrogen-bond acceptors (Lipinski definition) is 3. The number of carbonyl (C=O) groups is 1. The maximum atomic E-state index is 11.5. The van der Waals surface area contributed by atoms with E-state index >= 15 is 0 Å². The van der Waals surface area contributed by atoms with Crippen molar-refractivity contribution < 1.29 is 9.53 Å². The molecule has 0 saturated carbocycles. The lowest BCUT2D eigenvalue weighted by atomic mass is 9.98. The van der Waals surface area contributed by atoms with Gasteiger partial charge in [-0.15, -0.1) is 11.6 Å². The quantitative estimate of drug-likeness (QED) is 0.571. The molecule has 0 N–H and O–H groups in total. The minimum Gasteiger partial charge on any atom is -0.465 e. The number of nitriles is 1. The number of ether oxygens (including phenoxy) is 1. The molecule has 0 aromatic heterocycles. The van der Waals surface area contributed by atoms with Gasteiger partial charge in [0.05, 0.1) is 24.3 Å². The van der Waals surface area contributed by atoms with Crippen LogP contribution in [0.15, 0.2) is 12.1 Å². The van der Waals surface area contributed by atoms with Crippen molar-refractivity contribution in [3.8, 4) is 6.07 Å². The highest BCUT2D eigenvalue weighted by atomic mass is 35.5. The molecule has 0 spiro atoms. The molecule has 0 saturated heterocycles. The molecule has 1 aromatic carbocycles. The first-order valence-electron chi connectivity index (χ1n) is 4.32. The van der Waals surface area contributed by atoms with Crippen LogP contribution < -0.4 is 0 Å². The van der Waals surface area contributed by atoms with Crippen LogP contribution in [0.4, 0.5) is 0 Å². The zero-order valence-corrected chi connectivity index (χ0v) is 9.26. The van der Waals surface area contributed by atoms with Crippen LogP contribution in [0.2, 0.25) is 0 Å². The molecule has 0 bridgehead atoms. The van der Waals surface area contributed by atoms with Crippen LogP contribution >= 0.6 is 11.6 Å². The molecule has 0 unspecified atom stereocenters. The molecule has 1 aromatic rings. The van der Waals surface area contributed by atoms with Crippen LogP contribution in [-0.4, -0.2) is 13.1 Å². The topological polar surface area (TPSA) is 50.1 Å². The summed E-state index contributed by atoms with van der Waals surface area (Å²) in [6, 6.07) is 5.34. The highest BCUT2D eigenvalue weighted by Gasteiger charge is 2.16. The Morgan fingerprint density at radius 2 is 2.27 bits per heavy atom. The summed E-state index contributed by atoms with van der Waals surface area (Å²) in [5, 5.41) is 8.83. The summed E-state index contributed by atoms with van der Waals surface area (Å²) in [6.45, 7) is 1.71. The van der Waals surface area contributed by atoms with E-state index in [9.17, 15) is 4.79 Å². The normalized spacial score (nSPS) is 9.47. The van der Waals surface area contributed by atoms with Gasteiger partial charge in [0, 0.05) is 5.88 Å². The Bertz CT molecular complexity index is 435. The molecule has 0 aliphatic heterocycles. The molecule has 1 rings (SSSR count). The van der Waals surface area contributed by atoms with Crippen molar-refractivity contribution >= 4 is 17.6 Å². The fourth-order valence-corrected chi connectivity index (χ4v) is 1.61. The second kappa shape index (κ2) is 4.81. The standard InChI is InChI=1S/C11H10ClNO2/c1-7-9(6-13)4-3-8(5-12)10(7)11(14)15-2/h3-4H,5H2,1-2H3. The SMILES string of the molecule is COC(=O)c1c(CCl)ccc(C#N)c1C. The molecule has 0 heterocycles. The molecule has 78 valence electrons. The first-order chi connectivity index (χ1) is 7.15. The predicted molar refractivity (Wildman–Crippen MR) is 56.8 cm³/mol. The van der Waals surface area contributed by atoms with Crippen LogP contribution in [-0.2, 0) is 10.6 Å². The smallest absolute Gasteiger partial charge is 0.338 e. The first-order valence-corrected chi connectivity index (χ1v) is 4.86. The summed E-state index contributed by atoms with van der Waals surface area (Å²) >= 11 is 5.71. The van der Waals surface area contributed by atoms with Crippen LogP contribution in [0.3, 0.4) is 0 Å². The molecule has 4 heteroatoms. The highest BCUT2D eigenvalue weighted by molar-refractivity contribution is 6.17. The average Bonchev–Trinajstić information content (AvgIpc) is 2.27. The number of alkyl halides is 1. The summed E-state index contributed by atoms with van der Waals surface area (Å²) in [7, 11) is 1.30. The second-order valence-electron chi connectivity index (χ2n) is 3.01. The van der Waals surface area contributed by atoms with Crippen molar-refractivity contribution in [2.45, 2.75) is 12.8 Å². The van der Waals surface area contributed by atoms with Crippen molar-refractivity contribution in [2.75, 3.05) is 7.11 Å². The number of carbonyl (C=O) groups excluding carboxylic acids is 1. The maximum Gasteiger partial charge on any atom is 0.338 e. The Labute approximate surface area is 93.2 Å². The summed E-state index contributed by atoms with van der Waals surface area (Å²) in [5.74, 6) is -0.239. The van der Waals surface area contributed by atoms with Gasteiger partial charge in [0.2, 0.25) is 0 Å². The Morgan fingerprint density at radius 3 is 2.73 bits per heavy atom. The summed E-state index contributed by atoms with van der Waals surface area (Å²) < 4.78 is 4.65. The van der Waals surface area contributed by atoms with Crippen molar-refractivity contribution in [1.82, 2.24) is 0 Å². The molecule has 0 radical (unpaired) electrons. The zero-order valence-electron chi connectivity index (χ0n) is 8.50. The number of esters is 1. The zero-order chi connectivity index (χ0) is 11.4. The molecular formula is C11H10ClNO2. The van der Waals surface area contributed by atoms with E-state index in [0.717, 1.165) is 0 Å². The van der Waals surface area contributed by atoms with Gasteiger partial charge in [0.15, 0.2) is 0 Å². The van der Waals surface area contributed by atoms with Gasteiger partial charge in [-0.05, 0) is 24.1 Å². The molecule has 0 aliphatic rings. The Hall–Kier alpha value is -1.53. The highest BCUT2D eigenvalue weighted by Crippen LogP contribution is 2.20. The minimum absolute atomic E-state index is 0.219. The van der Waals surface area contributed by atoms with Crippen LogP contribution in [0, 0.1) is 18.3 Å². The van der Waals surface area contributed by atoms with E-state index in [1.165, 1.54) is 7.11 Å². The van der Waals surface area contributed by atoms with Crippen LogP contribution in [0.25, 0.3) is 0 Å². The monoisotopic (exact) mass is 223 g/mol. The number of nitrogens with zero attached hydrogens (tertiary/aromatic N) is 1. The largest absolute Gasteiger partial charge is 0.465 e. The van der Waals surface area contributed by atoms with E-state index in [1.54, 1.807) is 19.1 Å². The Morgan fingerprint density at radius 1 is 1.60 bits per heavy atom. The molecule has 0 atom stereocenters. The molecule has 0 fully saturated rings. The number of rotatable bonds is 2. The van der Waals surface area contributed by atoms with E-state index < -0.39 is 5.97 Å².